The van der Waals surface area contributed by atoms with Crippen LogP contribution in [-0.4, -0.2) is 28.9 Å². The molecule has 0 saturated carbocycles. The molecule has 0 spiro atoms. The lowest BCUT2D eigenvalue weighted by Gasteiger charge is -2.12. The fourth-order valence-corrected chi connectivity index (χ4v) is 2.66. The van der Waals surface area contributed by atoms with Crippen LogP contribution in [0, 0.1) is 5.92 Å². The zero-order valence-corrected chi connectivity index (χ0v) is 12.9. The van der Waals surface area contributed by atoms with E-state index in [2.05, 4.69) is 10.4 Å². The number of nitrogens with zero attached hydrogens (tertiary/aromatic N) is 2. The van der Waals surface area contributed by atoms with Gasteiger partial charge in [-0.15, -0.1) is 0 Å². The molecule has 1 amide bonds. The van der Waals surface area contributed by atoms with E-state index >= 15 is 0 Å². The van der Waals surface area contributed by atoms with E-state index in [1.54, 1.807) is 18.3 Å². The molecular formula is C16H18ClN3O2. The zero-order valence-electron chi connectivity index (χ0n) is 12.2. The summed E-state index contributed by atoms with van der Waals surface area (Å²) in [6.45, 7) is 2.34. The number of aromatic nitrogens is 2. The maximum atomic E-state index is 12.1. The summed E-state index contributed by atoms with van der Waals surface area (Å²) in [7, 11) is 0. The molecule has 1 aromatic carbocycles. The summed E-state index contributed by atoms with van der Waals surface area (Å²) in [6, 6.07) is 9.10. The standard InChI is InChI=1S/C16H18ClN3O2/c17-14-3-1-12(2-4-14)9-16(21)19-15-5-7-18-20(15)10-13-6-8-22-11-13/h1-5,7,13H,6,8-11H2,(H,19,21)/t13-/m1/s1. The third kappa shape index (κ3) is 3.87. The first kappa shape index (κ1) is 15.1. The summed E-state index contributed by atoms with van der Waals surface area (Å²) in [5.41, 5.74) is 0.928. The third-order valence-corrected chi connectivity index (χ3v) is 3.97. The second kappa shape index (κ2) is 6.94. The Kier molecular flexibility index (Phi) is 4.75. The summed E-state index contributed by atoms with van der Waals surface area (Å²) in [4.78, 5) is 12.1. The molecule has 1 aromatic heterocycles. The Balaban J connectivity index is 1.59. The highest BCUT2D eigenvalue weighted by molar-refractivity contribution is 6.30. The maximum Gasteiger partial charge on any atom is 0.229 e. The topological polar surface area (TPSA) is 56.2 Å². The first-order valence-electron chi connectivity index (χ1n) is 7.34. The van der Waals surface area contributed by atoms with E-state index in [0.29, 0.717) is 17.4 Å². The number of rotatable bonds is 5. The Morgan fingerprint density at radius 2 is 2.18 bits per heavy atom. The molecule has 1 atom stereocenters. The fraction of sp³-hybridized carbons (Fsp3) is 0.375. The number of amides is 1. The van der Waals surface area contributed by atoms with Crippen molar-refractivity contribution in [2.75, 3.05) is 18.5 Å². The molecule has 6 heteroatoms. The van der Waals surface area contributed by atoms with Crippen molar-refractivity contribution in [3.63, 3.8) is 0 Å². The SMILES string of the molecule is O=C(Cc1ccc(Cl)cc1)Nc1ccnn1C[C@H]1CCOC1. The Hall–Kier alpha value is -1.85. The molecule has 1 saturated heterocycles. The van der Waals surface area contributed by atoms with Gasteiger partial charge in [0.15, 0.2) is 0 Å². The Morgan fingerprint density at radius 1 is 1.36 bits per heavy atom. The molecule has 0 radical (unpaired) electrons. The van der Waals surface area contributed by atoms with Crippen LogP contribution < -0.4 is 5.32 Å². The minimum Gasteiger partial charge on any atom is -0.381 e. The van der Waals surface area contributed by atoms with E-state index in [9.17, 15) is 4.79 Å². The van der Waals surface area contributed by atoms with Gasteiger partial charge in [0.2, 0.25) is 5.91 Å². The molecule has 0 bridgehead atoms. The van der Waals surface area contributed by atoms with Crippen LogP contribution in [-0.2, 0) is 22.5 Å². The highest BCUT2D eigenvalue weighted by Gasteiger charge is 2.18. The van der Waals surface area contributed by atoms with Crippen molar-refractivity contribution in [2.24, 2.45) is 5.92 Å². The van der Waals surface area contributed by atoms with E-state index in [4.69, 9.17) is 16.3 Å². The van der Waals surface area contributed by atoms with Gasteiger partial charge in [0.1, 0.15) is 5.82 Å². The molecule has 2 heterocycles. The summed E-state index contributed by atoms with van der Waals surface area (Å²) < 4.78 is 7.21. The van der Waals surface area contributed by atoms with Crippen molar-refractivity contribution < 1.29 is 9.53 Å². The van der Waals surface area contributed by atoms with E-state index in [1.165, 1.54) is 0 Å². The van der Waals surface area contributed by atoms with Gasteiger partial charge in [0.05, 0.1) is 19.2 Å². The van der Waals surface area contributed by atoms with E-state index in [0.717, 1.165) is 37.6 Å². The molecule has 1 aliphatic heterocycles. The van der Waals surface area contributed by atoms with Gasteiger partial charge in [-0.25, -0.2) is 4.68 Å². The number of nitrogens with one attached hydrogen (secondary N) is 1. The number of carbonyl (C=O) groups excluding carboxylic acids is 1. The van der Waals surface area contributed by atoms with Crippen molar-refractivity contribution in [1.29, 1.82) is 0 Å². The van der Waals surface area contributed by atoms with Crippen molar-refractivity contribution in [1.82, 2.24) is 9.78 Å². The quantitative estimate of drug-likeness (QED) is 0.922. The van der Waals surface area contributed by atoms with Crippen LogP contribution in [0.2, 0.25) is 5.02 Å². The summed E-state index contributed by atoms with van der Waals surface area (Å²) in [5, 5.41) is 7.86. The van der Waals surface area contributed by atoms with Gasteiger partial charge in [-0.2, -0.15) is 5.10 Å². The Labute approximate surface area is 134 Å². The number of hydrogen-bond acceptors (Lipinski definition) is 3. The lowest BCUT2D eigenvalue weighted by atomic mass is 10.1. The molecule has 3 rings (SSSR count). The van der Waals surface area contributed by atoms with Gasteiger partial charge < -0.3 is 10.1 Å². The van der Waals surface area contributed by atoms with Crippen molar-refractivity contribution in [3.8, 4) is 0 Å². The number of hydrogen-bond donors (Lipinski definition) is 1. The van der Waals surface area contributed by atoms with E-state index < -0.39 is 0 Å². The molecule has 1 aliphatic rings. The number of carbonyl (C=O) groups is 1. The van der Waals surface area contributed by atoms with Gasteiger partial charge in [-0.3, -0.25) is 4.79 Å². The number of benzene rings is 1. The van der Waals surface area contributed by atoms with Gasteiger partial charge in [0, 0.05) is 30.2 Å². The zero-order chi connectivity index (χ0) is 15.4. The van der Waals surface area contributed by atoms with Gasteiger partial charge in [0.25, 0.3) is 0 Å². The molecule has 0 unspecified atom stereocenters. The summed E-state index contributed by atoms with van der Waals surface area (Å²) in [6.07, 6.45) is 3.06. The average molecular weight is 320 g/mol. The van der Waals surface area contributed by atoms with Crippen LogP contribution in [0.5, 0.6) is 0 Å². The van der Waals surface area contributed by atoms with Gasteiger partial charge in [-0.05, 0) is 24.1 Å². The first-order chi connectivity index (χ1) is 10.7. The van der Waals surface area contributed by atoms with Crippen molar-refractivity contribution >= 4 is 23.3 Å². The summed E-state index contributed by atoms with van der Waals surface area (Å²) >= 11 is 5.84. The van der Waals surface area contributed by atoms with Crippen LogP contribution in [0.15, 0.2) is 36.5 Å². The van der Waals surface area contributed by atoms with Crippen LogP contribution in [0.1, 0.15) is 12.0 Å². The van der Waals surface area contributed by atoms with Crippen LogP contribution >= 0.6 is 11.6 Å². The van der Waals surface area contributed by atoms with Crippen LogP contribution in [0.3, 0.4) is 0 Å². The smallest absolute Gasteiger partial charge is 0.229 e. The minimum absolute atomic E-state index is 0.0632. The number of ether oxygens (including phenoxy) is 1. The molecule has 22 heavy (non-hydrogen) atoms. The minimum atomic E-state index is -0.0632. The fourth-order valence-electron chi connectivity index (χ4n) is 2.53. The highest BCUT2D eigenvalue weighted by Crippen LogP contribution is 2.17. The first-order valence-corrected chi connectivity index (χ1v) is 7.72. The summed E-state index contributed by atoms with van der Waals surface area (Å²) in [5.74, 6) is 1.13. The second-order valence-corrected chi connectivity index (χ2v) is 5.92. The Morgan fingerprint density at radius 3 is 2.91 bits per heavy atom. The van der Waals surface area contributed by atoms with Gasteiger partial charge in [-0.1, -0.05) is 23.7 Å². The largest absolute Gasteiger partial charge is 0.381 e. The predicted octanol–water partition coefficient (Wildman–Crippen LogP) is 2.75. The third-order valence-electron chi connectivity index (χ3n) is 3.72. The maximum absolute atomic E-state index is 12.1. The van der Waals surface area contributed by atoms with Crippen molar-refractivity contribution in [2.45, 2.75) is 19.4 Å². The van der Waals surface area contributed by atoms with Crippen molar-refractivity contribution in [3.05, 3.63) is 47.1 Å². The molecule has 5 nitrogen and oxygen atoms in total. The van der Waals surface area contributed by atoms with Crippen LogP contribution in [0.4, 0.5) is 5.82 Å². The van der Waals surface area contributed by atoms with E-state index in [-0.39, 0.29) is 5.91 Å². The highest BCUT2D eigenvalue weighted by atomic mass is 35.5. The molecule has 0 aliphatic carbocycles. The second-order valence-electron chi connectivity index (χ2n) is 5.48. The number of anilines is 1. The lowest BCUT2D eigenvalue weighted by Crippen LogP contribution is -2.20. The molecule has 1 N–H and O–H groups in total. The molecule has 2 aromatic rings. The lowest BCUT2D eigenvalue weighted by molar-refractivity contribution is -0.115. The monoisotopic (exact) mass is 319 g/mol. The normalized spacial score (nSPS) is 17.6. The molecule has 1 fully saturated rings. The Bertz CT molecular complexity index is 633. The average Bonchev–Trinajstić information content (AvgIpc) is 3.15. The van der Waals surface area contributed by atoms with Gasteiger partial charge >= 0.3 is 0 Å². The number of halogens is 1. The predicted molar refractivity (Wildman–Crippen MR) is 84.9 cm³/mol. The van der Waals surface area contributed by atoms with Crippen LogP contribution in [0.25, 0.3) is 0 Å². The molecular weight excluding hydrogens is 302 g/mol. The van der Waals surface area contributed by atoms with E-state index in [1.807, 2.05) is 22.9 Å². The molecule has 116 valence electrons.